The van der Waals surface area contributed by atoms with Crippen LogP contribution in [0.1, 0.15) is 57.8 Å². The van der Waals surface area contributed by atoms with E-state index in [-0.39, 0.29) is 0 Å². The minimum atomic E-state index is 0.481. The Morgan fingerprint density at radius 2 is 1.27 bits per heavy atom. The van der Waals surface area contributed by atoms with Gasteiger partial charge in [-0.2, -0.15) is 0 Å². The van der Waals surface area contributed by atoms with Gasteiger partial charge in [0.05, 0.1) is 0 Å². The Balaban J connectivity index is 1.79. The molecular formula is C13H26N2. The van der Waals surface area contributed by atoms with E-state index >= 15 is 0 Å². The van der Waals surface area contributed by atoms with E-state index < -0.39 is 0 Å². The highest BCUT2D eigenvalue weighted by atomic mass is 15.2. The molecule has 2 N–H and O–H groups in total. The number of nitrogens with zero attached hydrogens (tertiary/aromatic N) is 1. The highest BCUT2D eigenvalue weighted by Gasteiger charge is 2.23. The molecule has 2 nitrogen and oxygen atoms in total. The number of nitrogens with two attached hydrogens (primary N) is 1. The Kier molecular flexibility index (Phi) is 4.45. The second kappa shape index (κ2) is 5.86. The summed E-state index contributed by atoms with van der Waals surface area (Å²) >= 11 is 0. The third-order valence-corrected chi connectivity index (χ3v) is 4.17. The molecule has 1 aliphatic heterocycles. The van der Waals surface area contributed by atoms with Gasteiger partial charge in [0.15, 0.2) is 0 Å². The largest absolute Gasteiger partial charge is 0.328 e. The molecule has 0 atom stereocenters. The second-order valence-electron chi connectivity index (χ2n) is 5.37. The van der Waals surface area contributed by atoms with Gasteiger partial charge in [-0.05, 0) is 38.8 Å². The standard InChI is InChI=1S/C13H26N2/c14-12-8-10-15(11-9-12)13-6-4-2-1-3-5-7-13/h12-13H,1-11,14H2. The summed E-state index contributed by atoms with van der Waals surface area (Å²) in [6.45, 7) is 2.51. The number of piperidine rings is 1. The van der Waals surface area contributed by atoms with Crippen molar-refractivity contribution in [2.75, 3.05) is 13.1 Å². The van der Waals surface area contributed by atoms with E-state index in [9.17, 15) is 0 Å². The summed E-state index contributed by atoms with van der Waals surface area (Å²) in [7, 11) is 0. The zero-order valence-corrected chi connectivity index (χ0v) is 9.96. The molecule has 0 aromatic rings. The van der Waals surface area contributed by atoms with Crippen LogP contribution in [0, 0.1) is 0 Å². The predicted octanol–water partition coefficient (Wildman–Crippen LogP) is 2.52. The Morgan fingerprint density at radius 3 is 1.87 bits per heavy atom. The lowest BCUT2D eigenvalue weighted by Crippen LogP contribution is -2.45. The fraction of sp³-hybridized carbons (Fsp3) is 1.00. The van der Waals surface area contributed by atoms with Crippen LogP contribution in [0.4, 0.5) is 0 Å². The molecule has 0 bridgehead atoms. The van der Waals surface area contributed by atoms with Crippen LogP contribution in [0.3, 0.4) is 0 Å². The summed E-state index contributed by atoms with van der Waals surface area (Å²) in [6.07, 6.45) is 12.6. The summed E-state index contributed by atoms with van der Waals surface area (Å²) in [6, 6.07) is 1.37. The van der Waals surface area contributed by atoms with Gasteiger partial charge < -0.3 is 10.6 Å². The molecule has 15 heavy (non-hydrogen) atoms. The molecule has 1 heterocycles. The van der Waals surface area contributed by atoms with Crippen LogP contribution in [0.5, 0.6) is 0 Å². The summed E-state index contributed by atoms with van der Waals surface area (Å²) in [5.74, 6) is 0. The SMILES string of the molecule is NC1CCN(C2CCCCCCC2)CC1. The number of hydrogen-bond donors (Lipinski definition) is 1. The molecule has 2 aliphatic rings. The molecule has 0 amide bonds. The summed E-state index contributed by atoms with van der Waals surface area (Å²) in [5.41, 5.74) is 5.96. The Hall–Kier alpha value is -0.0800. The minimum Gasteiger partial charge on any atom is -0.328 e. The van der Waals surface area contributed by atoms with Crippen molar-refractivity contribution in [2.45, 2.75) is 69.9 Å². The van der Waals surface area contributed by atoms with Crippen LogP contribution >= 0.6 is 0 Å². The van der Waals surface area contributed by atoms with E-state index in [0.717, 1.165) is 6.04 Å². The third kappa shape index (κ3) is 3.46. The van der Waals surface area contributed by atoms with Crippen LogP contribution in [-0.2, 0) is 0 Å². The van der Waals surface area contributed by atoms with Crippen LogP contribution < -0.4 is 5.73 Å². The van der Waals surface area contributed by atoms with E-state index in [1.165, 1.54) is 70.9 Å². The Morgan fingerprint density at radius 1 is 0.733 bits per heavy atom. The van der Waals surface area contributed by atoms with Gasteiger partial charge in [-0.15, -0.1) is 0 Å². The van der Waals surface area contributed by atoms with E-state index in [2.05, 4.69) is 4.90 Å². The van der Waals surface area contributed by atoms with Crippen molar-refractivity contribution >= 4 is 0 Å². The number of rotatable bonds is 1. The van der Waals surface area contributed by atoms with Crippen molar-refractivity contribution < 1.29 is 0 Å². The molecule has 0 radical (unpaired) electrons. The van der Waals surface area contributed by atoms with Crippen molar-refractivity contribution in [3.63, 3.8) is 0 Å². The molecule has 0 aromatic heterocycles. The molecular weight excluding hydrogens is 184 g/mol. The van der Waals surface area contributed by atoms with E-state index in [1.54, 1.807) is 0 Å². The molecule has 2 rings (SSSR count). The first-order chi connectivity index (χ1) is 7.36. The smallest absolute Gasteiger partial charge is 0.00952 e. The summed E-state index contributed by atoms with van der Waals surface area (Å²) in [4.78, 5) is 2.72. The molecule has 2 heteroatoms. The van der Waals surface area contributed by atoms with Crippen molar-refractivity contribution in [3.05, 3.63) is 0 Å². The quantitative estimate of drug-likeness (QED) is 0.720. The van der Waals surface area contributed by atoms with Gasteiger partial charge in [0, 0.05) is 12.1 Å². The van der Waals surface area contributed by atoms with Crippen LogP contribution in [0.15, 0.2) is 0 Å². The number of likely N-dealkylation sites (tertiary alicyclic amines) is 1. The monoisotopic (exact) mass is 210 g/mol. The fourth-order valence-corrected chi connectivity index (χ4v) is 3.08. The van der Waals surface area contributed by atoms with Gasteiger partial charge in [-0.1, -0.05) is 32.1 Å². The van der Waals surface area contributed by atoms with Gasteiger partial charge >= 0.3 is 0 Å². The predicted molar refractivity (Wildman–Crippen MR) is 64.9 cm³/mol. The van der Waals surface area contributed by atoms with Gasteiger partial charge in [0.2, 0.25) is 0 Å². The summed E-state index contributed by atoms with van der Waals surface area (Å²) < 4.78 is 0. The highest BCUT2D eigenvalue weighted by molar-refractivity contribution is 4.80. The molecule has 1 saturated carbocycles. The highest BCUT2D eigenvalue weighted by Crippen LogP contribution is 2.23. The fourth-order valence-electron chi connectivity index (χ4n) is 3.08. The third-order valence-electron chi connectivity index (χ3n) is 4.17. The first kappa shape index (κ1) is 11.4. The zero-order chi connectivity index (χ0) is 10.5. The lowest BCUT2D eigenvalue weighted by Gasteiger charge is -2.37. The minimum absolute atomic E-state index is 0.481. The maximum absolute atomic E-state index is 5.96. The average molecular weight is 210 g/mol. The van der Waals surface area contributed by atoms with Crippen molar-refractivity contribution in [3.8, 4) is 0 Å². The normalized spacial score (nSPS) is 28.6. The van der Waals surface area contributed by atoms with E-state index in [1.807, 2.05) is 0 Å². The van der Waals surface area contributed by atoms with Gasteiger partial charge in [0.1, 0.15) is 0 Å². The first-order valence-corrected chi connectivity index (χ1v) is 6.86. The van der Waals surface area contributed by atoms with E-state index in [4.69, 9.17) is 5.73 Å². The van der Waals surface area contributed by atoms with Gasteiger partial charge in [-0.3, -0.25) is 0 Å². The van der Waals surface area contributed by atoms with Gasteiger partial charge in [0.25, 0.3) is 0 Å². The zero-order valence-electron chi connectivity index (χ0n) is 9.96. The van der Waals surface area contributed by atoms with Crippen molar-refractivity contribution in [1.82, 2.24) is 4.90 Å². The Bertz CT molecular complexity index is 165. The van der Waals surface area contributed by atoms with Gasteiger partial charge in [-0.25, -0.2) is 0 Å². The topological polar surface area (TPSA) is 29.3 Å². The van der Waals surface area contributed by atoms with Crippen LogP contribution in [0.25, 0.3) is 0 Å². The molecule has 1 aliphatic carbocycles. The lowest BCUT2D eigenvalue weighted by molar-refractivity contribution is 0.130. The molecule has 0 unspecified atom stereocenters. The van der Waals surface area contributed by atoms with Crippen molar-refractivity contribution in [1.29, 1.82) is 0 Å². The lowest BCUT2D eigenvalue weighted by atomic mass is 9.93. The van der Waals surface area contributed by atoms with Crippen LogP contribution in [0.2, 0.25) is 0 Å². The molecule has 88 valence electrons. The molecule has 0 spiro atoms. The van der Waals surface area contributed by atoms with E-state index in [0.29, 0.717) is 6.04 Å². The van der Waals surface area contributed by atoms with Crippen molar-refractivity contribution in [2.24, 2.45) is 5.73 Å². The Labute approximate surface area is 94.2 Å². The molecule has 2 fully saturated rings. The summed E-state index contributed by atoms with van der Waals surface area (Å²) in [5, 5.41) is 0. The van der Waals surface area contributed by atoms with Crippen LogP contribution in [-0.4, -0.2) is 30.1 Å². The average Bonchev–Trinajstić information content (AvgIpc) is 2.19. The maximum Gasteiger partial charge on any atom is 0.00952 e. The number of hydrogen-bond acceptors (Lipinski definition) is 2. The first-order valence-electron chi connectivity index (χ1n) is 6.86. The second-order valence-corrected chi connectivity index (χ2v) is 5.37. The molecule has 1 saturated heterocycles. The maximum atomic E-state index is 5.96. The molecule has 0 aromatic carbocycles.